The zero-order chi connectivity index (χ0) is 23.3. The molecule has 2 N–H and O–H groups in total. The predicted octanol–water partition coefficient (Wildman–Crippen LogP) is 4.27. The third-order valence-corrected chi connectivity index (χ3v) is 7.25. The Bertz CT molecular complexity index is 1340. The van der Waals surface area contributed by atoms with Crippen LogP contribution in [0.2, 0.25) is 0 Å². The minimum Gasteiger partial charge on any atom is -0.338 e. The number of nitrogens with one attached hydrogen (secondary N) is 2. The normalized spacial score (nSPS) is 11.4. The third kappa shape index (κ3) is 5.43. The van der Waals surface area contributed by atoms with Crippen LogP contribution in [0.15, 0.2) is 90.0 Å². The van der Waals surface area contributed by atoms with E-state index in [0.29, 0.717) is 25.0 Å². The highest BCUT2D eigenvalue weighted by Gasteiger charge is 2.18. The van der Waals surface area contributed by atoms with Crippen molar-refractivity contribution in [2.45, 2.75) is 24.7 Å². The molecule has 4 aromatic rings. The summed E-state index contributed by atoms with van der Waals surface area (Å²) in [5.41, 5.74) is 3.76. The molecule has 2 amide bonds. The molecular weight excluding hydrogens is 434 g/mol. The molecule has 0 aliphatic heterocycles. The molecule has 1 heterocycles. The maximum atomic E-state index is 13.1. The van der Waals surface area contributed by atoms with Crippen molar-refractivity contribution in [2.75, 3.05) is 13.1 Å². The number of fused-ring (bicyclic) bond motifs is 1. The second-order valence-corrected chi connectivity index (χ2v) is 9.81. The van der Waals surface area contributed by atoms with Gasteiger partial charge in [0.25, 0.3) is 10.0 Å². The number of hydrogen-bond donors (Lipinski definition) is 2. The fourth-order valence-corrected chi connectivity index (χ4v) is 5.03. The first-order valence-electron chi connectivity index (χ1n) is 10.9. The maximum Gasteiger partial charge on any atom is 0.314 e. The van der Waals surface area contributed by atoms with Crippen LogP contribution >= 0.6 is 0 Å². The number of amides is 2. The molecule has 0 atom stereocenters. The fourth-order valence-electron chi connectivity index (χ4n) is 3.69. The van der Waals surface area contributed by atoms with Crippen molar-refractivity contribution >= 4 is 27.0 Å². The average molecular weight is 462 g/mol. The van der Waals surface area contributed by atoms with Gasteiger partial charge in [0.1, 0.15) is 0 Å². The summed E-state index contributed by atoms with van der Waals surface area (Å²) in [6, 6.07) is 24.2. The Morgan fingerprint density at radius 3 is 2.18 bits per heavy atom. The summed E-state index contributed by atoms with van der Waals surface area (Å²) < 4.78 is 27.6. The van der Waals surface area contributed by atoms with Gasteiger partial charge in [-0.1, -0.05) is 60.2 Å². The van der Waals surface area contributed by atoms with Gasteiger partial charge in [-0.15, -0.1) is 0 Å². The summed E-state index contributed by atoms with van der Waals surface area (Å²) in [5.74, 6) is 0. The molecule has 4 rings (SSSR count). The number of hydrogen-bond acceptors (Lipinski definition) is 3. The Kier molecular flexibility index (Phi) is 6.79. The molecule has 33 heavy (non-hydrogen) atoms. The van der Waals surface area contributed by atoms with E-state index < -0.39 is 10.0 Å². The fraction of sp³-hybridized carbons (Fsp3) is 0.192. The Morgan fingerprint density at radius 1 is 0.818 bits per heavy atom. The summed E-state index contributed by atoms with van der Waals surface area (Å²) in [5, 5.41) is 6.57. The van der Waals surface area contributed by atoms with E-state index in [1.54, 1.807) is 36.5 Å². The van der Waals surface area contributed by atoms with E-state index in [9.17, 15) is 13.2 Å². The zero-order valence-electron chi connectivity index (χ0n) is 18.5. The molecule has 0 saturated carbocycles. The number of aryl methyl sites for hydroxylation is 1. The number of benzene rings is 3. The van der Waals surface area contributed by atoms with Crippen molar-refractivity contribution in [1.29, 1.82) is 0 Å². The third-order valence-electron chi connectivity index (χ3n) is 5.54. The van der Waals surface area contributed by atoms with E-state index in [0.717, 1.165) is 22.9 Å². The van der Waals surface area contributed by atoms with Gasteiger partial charge in [-0.05, 0) is 55.2 Å². The van der Waals surface area contributed by atoms with Crippen molar-refractivity contribution in [3.8, 4) is 0 Å². The number of aromatic nitrogens is 1. The molecule has 0 saturated heterocycles. The van der Waals surface area contributed by atoms with Crippen LogP contribution in [0, 0.1) is 6.92 Å². The quantitative estimate of drug-likeness (QED) is 0.411. The van der Waals surface area contributed by atoms with Crippen LogP contribution in [0.1, 0.15) is 16.7 Å². The molecular formula is C26H27N3O3S. The van der Waals surface area contributed by atoms with Crippen LogP contribution in [0.5, 0.6) is 0 Å². The molecule has 7 heteroatoms. The lowest BCUT2D eigenvalue weighted by molar-refractivity contribution is 0.241. The Balaban J connectivity index is 1.37. The van der Waals surface area contributed by atoms with Gasteiger partial charge in [-0.2, -0.15) is 0 Å². The van der Waals surface area contributed by atoms with E-state index in [4.69, 9.17) is 0 Å². The van der Waals surface area contributed by atoms with Crippen LogP contribution in [0.4, 0.5) is 4.79 Å². The number of rotatable bonds is 8. The van der Waals surface area contributed by atoms with Gasteiger partial charge in [0.15, 0.2) is 0 Å². The summed E-state index contributed by atoms with van der Waals surface area (Å²) >= 11 is 0. The molecule has 0 unspecified atom stereocenters. The minimum absolute atomic E-state index is 0.211. The van der Waals surface area contributed by atoms with Gasteiger partial charge in [-0.25, -0.2) is 17.2 Å². The second kappa shape index (κ2) is 9.92. The lowest BCUT2D eigenvalue weighted by atomic mass is 10.1. The molecule has 3 aromatic carbocycles. The van der Waals surface area contributed by atoms with Gasteiger partial charge in [0.05, 0.1) is 10.4 Å². The van der Waals surface area contributed by atoms with Gasteiger partial charge in [0, 0.05) is 24.7 Å². The van der Waals surface area contributed by atoms with Gasteiger partial charge < -0.3 is 10.6 Å². The van der Waals surface area contributed by atoms with Gasteiger partial charge in [-0.3, -0.25) is 0 Å². The number of nitrogens with zero attached hydrogens (tertiary/aromatic N) is 1. The molecule has 0 aliphatic rings. The summed E-state index contributed by atoms with van der Waals surface area (Å²) in [6.07, 6.45) is 2.96. The van der Waals surface area contributed by atoms with Crippen LogP contribution < -0.4 is 10.6 Å². The van der Waals surface area contributed by atoms with E-state index in [1.165, 1.54) is 9.54 Å². The van der Waals surface area contributed by atoms with Crippen molar-refractivity contribution in [3.63, 3.8) is 0 Å². The highest BCUT2D eigenvalue weighted by atomic mass is 32.2. The van der Waals surface area contributed by atoms with Crippen molar-refractivity contribution < 1.29 is 13.2 Å². The Morgan fingerprint density at radius 2 is 1.48 bits per heavy atom. The van der Waals surface area contributed by atoms with E-state index >= 15 is 0 Å². The van der Waals surface area contributed by atoms with E-state index in [2.05, 4.69) is 10.6 Å². The van der Waals surface area contributed by atoms with Crippen molar-refractivity contribution in [2.24, 2.45) is 0 Å². The molecule has 1 aromatic heterocycles. The average Bonchev–Trinajstić information content (AvgIpc) is 3.24. The molecule has 0 bridgehead atoms. The first-order chi connectivity index (χ1) is 15.9. The summed E-state index contributed by atoms with van der Waals surface area (Å²) in [4.78, 5) is 12.3. The number of urea groups is 1. The Labute approximate surface area is 194 Å². The lowest BCUT2D eigenvalue weighted by Crippen LogP contribution is -2.37. The molecule has 170 valence electrons. The molecule has 0 aliphatic carbocycles. The zero-order valence-corrected chi connectivity index (χ0v) is 19.3. The first-order valence-corrected chi connectivity index (χ1v) is 12.4. The molecule has 0 radical (unpaired) electrons. The van der Waals surface area contributed by atoms with Gasteiger partial charge in [0.2, 0.25) is 0 Å². The van der Waals surface area contributed by atoms with Gasteiger partial charge >= 0.3 is 6.03 Å². The second-order valence-electron chi connectivity index (χ2n) is 7.99. The van der Waals surface area contributed by atoms with Crippen LogP contribution in [-0.2, 0) is 22.9 Å². The lowest BCUT2D eigenvalue weighted by Gasteiger charge is -2.10. The summed E-state index contributed by atoms with van der Waals surface area (Å²) in [6.45, 7) is 2.94. The smallest absolute Gasteiger partial charge is 0.314 e. The first kappa shape index (κ1) is 22.6. The molecule has 0 fully saturated rings. The van der Waals surface area contributed by atoms with E-state index in [1.807, 2.05) is 55.5 Å². The standard InChI is InChI=1S/C26H27N3O3S/c1-20-7-11-24(12-8-20)33(31,32)29-18-15-23-10-9-22(19-25(23)29)14-17-28-26(30)27-16-13-21-5-3-2-4-6-21/h2-12,15,18-19H,13-14,16-17H2,1H3,(H2,27,28,30). The minimum atomic E-state index is -3.69. The van der Waals surface area contributed by atoms with E-state index in [-0.39, 0.29) is 10.9 Å². The SMILES string of the molecule is Cc1ccc(S(=O)(=O)n2ccc3ccc(CCNC(=O)NCCc4ccccc4)cc32)cc1. The largest absolute Gasteiger partial charge is 0.338 e. The molecule has 0 spiro atoms. The Hall–Kier alpha value is -3.58. The topological polar surface area (TPSA) is 80.2 Å². The predicted molar refractivity (Wildman–Crippen MR) is 131 cm³/mol. The van der Waals surface area contributed by atoms with Crippen LogP contribution in [0.25, 0.3) is 10.9 Å². The number of carbonyl (C=O) groups is 1. The monoisotopic (exact) mass is 461 g/mol. The van der Waals surface area contributed by atoms with Crippen molar-refractivity contribution in [3.05, 3.63) is 102 Å². The summed E-state index contributed by atoms with van der Waals surface area (Å²) in [7, 11) is -3.69. The number of carbonyl (C=O) groups excluding carboxylic acids is 1. The van der Waals surface area contributed by atoms with Crippen LogP contribution in [0.3, 0.4) is 0 Å². The van der Waals surface area contributed by atoms with Crippen molar-refractivity contribution in [1.82, 2.24) is 14.6 Å². The highest BCUT2D eigenvalue weighted by Crippen LogP contribution is 2.23. The maximum absolute atomic E-state index is 13.1. The molecule has 6 nitrogen and oxygen atoms in total. The highest BCUT2D eigenvalue weighted by molar-refractivity contribution is 7.90. The van der Waals surface area contributed by atoms with Crippen LogP contribution in [-0.4, -0.2) is 31.5 Å².